The van der Waals surface area contributed by atoms with Crippen LogP contribution in [0.15, 0.2) is 6.20 Å². The Bertz CT molecular complexity index is 470. The predicted molar refractivity (Wildman–Crippen MR) is 69.3 cm³/mol. The molecule has 5 nitrogen and oxygen atoms in total. The maximum Gasteiger partial charge on any atom is 0.267 e. The second-order valence-electron chi connectivity index (χ2n) is 4.21. The van der Waals surface area contributed by atoms with E-state index in [4.69, 9.17) is 11.5 Å². The molecule has 0 unspecified atom stereocenters. The largest absolute Gasteiger partial charge is 0.366 e. The maximum absolute atomic E-state index is 11.6. The normalized spacial score (nSPS) is 10.3. The third-order valence-electron chi connectivity index (χ3n) is 2.76. The lowest BCUT2D eigenvalue weighted by Gasteiger charge is -2.13. The molecule has 0 aliphatic rings. The van der Waals surface area contributed by atoms with Gasteiger partial charge in [0.25, 0.3) is 5.91 Å². The first kappa shape index (κ1) is 14.2. The van der Waals surface area contributed by atoms with E-state index in [1.807, 2.05) is 13.8 Å². The van der Waals surface area contributed by atoms with Crippen molar-refractivity contribution in [1.82, 2.24) is 4.98 Å². The lowest BCUT2D eigenvalue weighted by molar-refractivity contribution is 0.0994. The third kappa shape index (κ3) is 2.85. The minimum absolute atomic E-state index is 0.158. The number of hydrogen-bond donors (Lipinski definition) is 2. The highest BCUT2D eigenvalue weighted by Crippen LogP contribution is 2.20. The maximum atomic E-state index is 11.6. The highest BCUT2D eigenvalue weighted by atomic mass is 16.1. The second-order valence-corrected chi connectivity index (χ2v) is 4.21. The van der Waals surface area contributed by atoms with Crippen LogP contribution in [-0.2, 0) is 12.8 Å². The highest BCUT2D eigenvalue weighted by molar-refractivity contribution is 6.00. The standard InChI is InChI=1S/C13H19N3O2/c1-3-5-8-7-16-11(13(15)18)9(6-4-2)10(8)12(14)17/h7H,3-6H2,1-2H3,(H2,14,17)(H2,15,18). The fraction of sp³-hybridized carbons (Fsp3) is 0.462. The van der Waals surface area contributed by atoms with Crippen LogP contribution in [0.2, 0.25) is 0 Å². The number of aryl methyl sites for hydroxylation is 1. The topological polar surface area (TPSA) is 99.1 Å². The first-order chi connectivity index (χ1) is 8.52. The van der Waals surface area contributed by atoms with E-state index >= 15 is 0 Å². The molecule has 0 aliphatic carbocycles. The Hall–Kier alpha value is -1.91. The van der Waals surface area contributed by atoms with Crippen molar-refractivity contribution in [1.29, 1.82) is 0 Å². The number of carbonyl (C=O) groups is 2. The summed E-state index contributed by atoms with van der Waals surface area (Å²) >= 11 is 0. The van der Waals surface area contributed by atoms with E-state index < -0.39 is 11.8 Å². The number of amides is 2. The molecule has 0 fully saturated rings. The Morgan fingerprint density at radius 1 is 1.11 bits per heavy atom. The van der Waals surface area contributed by atoms with E-state index in [1.54, 1.807) is 0 Å². The Morgan fingerprint density at radius 3 is 2.17 bits per heavy atom. The van der Waals surface area contributed by atoms with Crippen LogP contribution in [0, 0.1) is 0 Å². The number of aromatic nitrogens is 1. The molecule has 4 N–H and O–H groups in total. The van der Waals surface area contributed by atoms with Crippen LogP contribution in [0.1, 0.15) is 58.7 Å². The Balaban J connectivity index is 3.48. The summed E-state index contributed by atoms with van der Waals surface area (Å²) in [4.78, 5) is 27.0. The van der Waals surface area contributed by atoms with E-state index in [-0.39, 0.29) is 5.69 Å². The first-order valence-corrected chi connectivity index (χ1v) is 6.13. The fourth-order valence-corrected chi connectivity index (χ4v) is 2.07. The van der Waals surface area contributed by atoms with Crippen LogP contribution in [0.5, 0.6) is 0 Å². The summed E-state index contributed by atoms with van der Waals surface area (Å²) in [5.41, 5.74) is 12.7. The van der Waals surface area contributed by atoms with Crippen molar-refractivity contribution in [3.63, 3.8) is 0 Å². The van der Waals surface area contributed by atoms with Gasteiger partial charge in [-0.25, -0.2) is 0 Å². The SMILES string of the molecule is CCCc1cnc(C(N)=O)c(CCC)c1C(N)=O. The van der Waals surface area contributed by atoms with Crippen LogP contribution in [0.4, 0.5) is 0 Å². The summed E-state index contributed by atoms with van der Waals surface area (Å²) in [5, 5.41) is 0. The molecule has 0 radical (unpaired) electrons. The molecule has 1 heterocycles. The minimum Gasteiger partial charge on any atom is -0.366 e. The summed E-state index contributed by atoms with van der Waals surface area (Å²) in [6.07, 6.45) is 4.48. The van der Waals surface area contributed by atoms with Gasteiger partial charge in [0, 0.05) is 11.8 Å². The number of hydrogen-bond acceptors (Lipinski definition) is 3. The van der Waals surface area contributed by atoms with E-state index in [9.17, 15) is 9.59 Å². The number of nitrogens with two attached hydrogens (primary N) is 2. The van der Waals surface area contributed by atoms with E-state index in [0.29, 0.717) is 24.0 Å². The number of rotatable bonds is 6. The second kappa shape index (κ2) is 6.14. The Labute approximate surface area is 107 Å². The summed E-state index contributed by atoms with van der Waals surface area (Å²) in [7, 11) is 0. The smallest absolute Gasteiger partial charge is 0.267 e. The number of primary amides is 2. The van der Waals surface area contributed by atoms with Crippen molar-refractivity contribution in [3.8, 4) is 0 Å². The molecule has 18 heavy (non-hydrogen) atoms. The quantitative estimate of drug-likeness (QED) is 0.791. The first-order valence-electron chi connectivity index (χ1n) is 6.13. The molecule has 5 heteroatoms. The number of pyridine rings is 1. The van der Waals surface area contributed by atoms with Crippen LogP contribution >= 0.6 is 0 Å². The zero-order valence-electron chi connectivity index (χ0n) is 10.8. The van der Waals surface area contributed by atoms with Gasteiger partial charge in [0.2, 0.25) is 5.91 Å². The van der Waals surface area contributed by atoms with Crippen LogP contribution in [0.3, 0.4) is 0 Å². The Kier molecular flexibility index (Phi) is 4.83. The van der Waals surface area contributed by atoms with Gasteiger partial charge in [-0.15, -0.1) is 0 Å². The summed E-state index contributed by atoms with van der Waals surface area (Å²) in [6.45, 7) is 3.97. The molecule has 0 atom stereocenters. The minimum atomic E-state index is -0.621. The van der Waals surface area contributed by atoms with Crippen molar-refractivity contribution in [2.24, 2.45) is 11.5 Å². The van der Waals surface area contributed by atoms with E-state index in [0.717, 1.165) is 18.4 Å². The number of carbonyl (C=O) groups excluding carboxylic acids is 2. The molecule has 1 rings (SSSR count). The molecule has 0 aromatic carbocycles. The lowest BCUT2D eigenvalue weighted by Crippen LogP contribution is -2.23. The van der Waals surface area contributed by atoms with Gasteiger partial charge in [-0.2, -0.15) is 0 Å². The van der Waals surface area contributed by atoms with Gasteiger partial charge in [-0.05, 0) is 24.0 Å². The molecule has 1 aromatic rings. The predicted octanol–water partition coefficient (Wildman–Crippen LogP) is 1.18. The van der Waals surface area contributed by atoms with Gasteiger partial charge in [0.05, 0.1) is 0 Å². The molecule has 1 aromatic heterocycles. The summed E-state index contributed by atoms with van der Waals surface area (Å²) in [5.74, 6) is -1.14. The van der Waals surface area contributed by atoms with Crippen molar-refractivity contribution in [3.05, 3.63) is 28.6 Å². The van der Waals surface area contributed by atoms with Gasteiger partial charge in [-0.1, -0.05) is 26.7 Å². The average Bonchev–Trinajstić information content (AvgIpc) is 2.29. The van der Waals surface area contributed by atoms with Gasteiger partial charge in [0.15, 0.2) is 0 Å². The van der Waals surface area contributed by atoms with Crippen LogP contribution < -0.4 is 11.5 Å². The molecule has 0 aliphatic heterocycles. The molecule has 0 bridgehead atoms. The molecule has 0 spiro atoms. The zero-order chi connectivity index (χ0) is 13.7. The van der Waals surface area contributed by atoms with Crippen molar-refractivity contribution in [2.45, 2.75) is 39.5 Å². The fourth-order valence-electron chi connectivity index (χ4n) is 2.07. The van der Waals surface area contributed by atoms with Crippen molar-refractivity contribution < 1.29 is 9.59 Å². The molecular weight excluding hydrogens is 230 g/mol. The molecule has 0 saturated carbocycles. The van der Waals surface area contributed by atoms with Gasteiger partial charge in [0.1, 0.15) is 5.69 Å². The monoisotopic (exact) mass is 249 g/mol. The molecular formula is C13H19N3O2. The van der Waals surface area contributed by atoms with E-state index in [1.165, 1.54) is 6.20 Å². The van der Waals surface area contributed by atoms with Gasteiger partial charge < -0.3 is 11.5 Å². The van der Waals surface area contributed by atoms with Crippen LogP contribution in [-0.4, -0.2) is 16.8 Å². The third-order valence-corrected chi connectivity index (χ3v) is 2.76. The van der Waals surface area contributed by atoms with Gasteiger partial charge in [-0.3, -0.25) is 14.6 Å². The average molecular weight is 249 g/mol. The van der Waals surface area contributed by atoms with Gasteiger partial charge >= 0.3 is 0 Å². The van der Waals surface area contributed by atoms with Crippen LogP contribution in [0.25, 0.3) is 0 Å². The molecule has 2 amide bonds. The summed E-state index contributed by atoms with van der Waals surface area (Å²) in [6, 6.07) is 0. The van der Waals surface area contributed by atoms with E-state index in [2.05, 4.69) is 4.98 Å². The highest BCUT2D eigenvalue weighted by Gasteiger charge is 2.20. The molecule has 0 saturated heterocycles. The molecule has 98 valence electrons. The van der Waals surface area contributed by atoms with Crippen molar-refractivity contribution in [2.75, 3.05) is 0 Å². The summed E-state index contributed by atoms with van der Waals surface area (Å²) < 4.78 is 0. The van der Waals surface area contributed by atoms with Crippen molar-refractivity contribution >= 4 is 11.8 Å². The Morgan fingerprint density at radius 2 is 1.72 bits per heavy atom. The zero-order valence-corrected chi connectivity index (χ0v) is 10.8. The lowest BCUT2D eigenvalue weighted by atomic mass is 9.94. The number of nitrogens with zero attached hydrogens (tertiary/aromatic N) is 1.